The van der Waals surface area contributed by atoms with Gasteiger partial charge < -0.3 is 15.5 Å². The standard InChI is InChI=1S/C24H23Cl2N5O3S/c1-31(2)13-12-28-35(3,34)19-8-4-16(5-9-19)23(32)29-21-10-6-17(25)14-20(21)24(33)30-22-11-7-18(26)15-27-22/h4-15H,1-3H3,(H,29,32)(H,27,30,33)/b13-12+. The largest absolute Gasteiger partial charge is 0.382 e. The van der Waals surface area contributed by atoms with Crippen molar-refractivity contribution in [3.05, 3.63) is 94.4 Å². The van der Waals surface area contributed by atoms with Crippen molar-refractivity contribution >= 4 is 56.3 Å². The number of amides is 2. The minimum absolute atomic E-state index is 0.155. The molecule has 0 saturated carbocycles. The van der Waals surface area contributed by atoms with Crippen LogP contribution >= 0.6 is 23.2 Å². The van der Waals surface area contributed by atoms with E-state index in [-0.39, 0.29) is 11.3 Å². The highest BCUT2D eigenvalue weighted by Crippen LogP contribution is 2.23. The van der Waals surface area contributed by atoms with Crippen LogP contribution < -0.4 is 10.6 Å². The number of rotatable bonds is 7. The van der Waals surface area contributed by atoms with E-state index >= 15 is 0 Å². The summed E-state index contributed by atoms with van der Waals surface area (Å²) in [6, 6.07) is 14.0. The molecule has 1 aromatic heterocycles. The molecule has 11 heteroatoms. The highest BCUT2D eigenvalue weighted by atomic mass is 35.5. The second-order valence-electron chi connectivity index (χ2n) is 7.65. The summed E-state index contributed by atoms with van der Waals surface area (Å²) in [4.78, 5) is 32.0. The molecule has 0 aliphatic heterocycles. The summed E-state index contributed by atoms with van der Waals surface area (Å²) in [5, 5.41) is 6.13. The maximum absolute atomic E-state index is 12.9. The Kier molecular flexibility index (Phi) is 8.50. The van der Waals surface area contributed by atoms with Crippen LogP contribution in [0, 0.1) is 0 Å². The van der Waals surface area contributed by atoms with Crippen LogP contribution in [0.15, 0.2) is 82.5 Å². The Hall–Kier alpha value is -3.40. The Bertz CT molecular complexity index is 1380. The molecule has 1 unspecified atom stereocenters. The van der Waals surface area contributed by atoms with E-state index in [1.165, 1.54) is 30.8 Å². The second-order valence-corrected chi connectivity index (χ2v) is 10.8. The molecule has 0 spiro atoms. The minimum Gasteiger partial charge on any atom is -0.382 e. The van der Waals surface area contributed by atoms with Gasteiger partial charge in [0.15, 0.2) is 0 Å². The molecule has 35 heavy (non-hydrogen) atoms. The van der Waals surface area contributed by atoms with E-state index in [1.54, 1.807) is 53.6 Å². The van der Waals surface area contributed by atoms with Crippen molar-refractivity contribution < 1.29 is 13.8 Å². The highest BCUT2D eigenvalue weighted by molar-refractivity contribution is 7.93. The first-order valence-corrected chi connectivity index (χ1v) is 12.9. The third-order valence-electron chi connectivity index (χ3n) is 4.62. The molecule has 0 saturated heterocycles. The molecule has 0 bridgehead atoms. The van der Waals surface area contributed by atoms with Crippen LogP contribution in [-0.4, -0.2) is 46.3 Å². The van der Waals surface area contributed by atoms with Gasteiger partial charge in [0.05, 0.1) is 32.2 Å². The first-order chi connectivity index (χ1) is 16.5. The summed E-state index contributed by atoms with van der Waals surface area (Å²) in [7, 11) is 1.00. The first-order valence-electron chi connectivity index (χ1n) is 10.2. The lowest BCUT2D eigenvalue weighted by molar-refractivity contribution is 0.102. The maximum Gasteiger partial charge on any atom is 0.258 e. The number of benzene rings is 2. The third kappa shape index (κ3) is 7.29. The zero-order valence-corrected chi connectivity index (χ0v) is 21.5. The van der Waals surface area contributed by atoms with Crippen molar-refractivity contribution in [3.63, 3.8) is 0 Å². The Morgan fingerprint density at radius 3 is 2.29 bits per heavy atom. The van der Waals surface area contributed by atoms with E-state index in [1.807, 2.05) is 14.1 Å². The fraction of sp³-hybridized carbons (Fsp3) is 0.125. The summed E-state index contributed by atoms with van der Waals surface area (Å²) in [6.45, 7) is 0. The molecule has 1 heterocycles. The molecule has 8 nitrogen and oxygen atoms in total. The number of carbonyl (C=O) groups excluding carboxylic acids is 2. The molecule has 2 amide bonds. The minimum atomic E-state index is -2.66. The fourth-order valence-electron chi connectivity index (χ4n) is 2.84. The van der Waals surface area contributed by atoms with Gasteiger partial charge in [-0.3, -0.25) is 9.59 Å². The SMILES string of the molecule is CN(C)/C=C/N=S(C)(=O)c1ccc(C(=O)Nc2ccc(Cl)cc2C(=O)Nc2ccc(Cl)cn2)cc1. The lowest BCUT2D eigenvalue weighted by atomic mass is 10.1. The molecule has 2 aromatic carbocycles. The van der Waals surface area contributed by atoms with Crippen LogP contribution in [0.3, 0.4) is 0 Å². The number of halogens is 2. The zero-order valence-electron chi connectivity index (χ0n) is 19.2. The molecule has 0 radical (unpaired) electrons. The number of aromatic nitrogens is 1. The highest BCUT2D eigenvalue weighted by Gasteiger charge is 2.16. The molecule has 0 aliphatic carbocycles. The van der Waals surface area contributed by atoms with E-state index in [4.69, 9.17) is 23.2 Å². The Morgan fingerprint density at radius 2 is 1.66 bits per heavy atom. The summed E-state index contributed by atoms with van der Waals surface area (Å²) in [5.41, 5.74) is 0.730. The molecule has 0 aliphatic rings. The average Bonchev–Trinajstić information content (AvgIpc) is 2.81. The Balaban J connectivity index is 1.79. The quantitative estimate of drug-likeness (QED) is 0.425. The van der Waals surface area contributed by atoms with Gasteiger partial charge in [0.25, 0.3) is 11.8 Å². The molecular weight excluding hydrogens is 509 g/mol. The molecule has 0 fully saturated rings. The second kappa shape index (κ2) is 11.4. The molecule has 1 atom stereocenters. The molecule has 182 valence electrons. The number of anilines is 2. The predicted octanol–water partition coefficient (Wildman–Crippen LogP) is 5.38. The van der Waals surface area contributed by atoms with Gasteiger partial charge in [-0.15, -0.1) is 0 Å². The van der Waals surface area contributed by atoms with E-state index in [0.717, 1.165) is 0 Å². The monoisotopic (exact) mass is 531 g/mol. The summed E-state index contributed by atoms with van der Waals surface area (Å²) in [5.74, 6) is -0.670. The summed E-state index contributed by atoms with van der Waals surface area (Å²) in [6.07, 6.45) is 6.10. The van der Waals surface area contributed by atoms with E-state index in [2.05, 4.69) is 20.0 Å². The van der Waals surface area contributed by atoms with Crippen LogP contribution in [-0.2, 0) is 9.73 Å². The van der Waals surface area contributed by atoms with Crippen molar-refractivity contribution in [1.29, 1.82) is 0 Å². The van der Waals surface area contributed by atoms with E-state index in [9.17, 15) is 13.8 Å². The molecular formula is C24H23Cl2N5O3S. The summed E-state index contributed by atoms with van der Waals surface area (Å²) < 4.78 is 17.0. The van der Waals surface area contributed by atoms with Gasteiger partial charge in [0.2, 0.25) is 0 Å². The van der Waals surface area contributed by atoms with E-state index in [0.29, 0.717) is 26.3 Å². The number of nitrogens with zero attached hydrogens (tertiary/aromatic N) is 3. The van der Waals surface area contributed by atoms with Crippen LogP contribution in [0.1, 0.15) is 20.7 Å². The molecule has 3 aromatic rings. The fourth-order valence-corrected chi connectivity index (χ4v) is 4.17. The van der Waals surface area contributed by atoms with Crippen LogP contribution in [0.5, 0.6) is 0 Å². The Morgan fingerprint density at radius 1 is 0.971 bits per heavy atom. The van der Waals surface area contributed by atoms with Crippen LogP contribution in [0.2, 0.25) is 10.0 Å². The normalized spacial score (nSPS) is 12.6. The average molecular weight is 532 g/mol. The van der Waals surface area contributed by atoms with Gasteiger partial charge in [-0.2, -0.15) is 0 Å². The van der Waals surface area contributed by atoms with Crippen molar-refractivity contribution in [2.45, 2.75) is 4.90 Å². The lowest BCUT2D eigenvalue weighted by Crippen LogP contribution is -2.18. The van der Waals surface area contributed by atoms with E-state index < -0.39 is 21.5 Å². The topological polar surface area (TPSA) is 104 Å². The number of nitrogens with one attached hydrogen (secondary N) is 2. The van der Waals surface area contributed by atoms with Crippen LogP contribution in [0.4, 0.5) is 11.5 Å². The van der Waals surface area contributed by atoms with Gasteiger partial charge in [-0.05, 0) is 54.6 Å². The van der Waals surface area contributed by atoms with Gasteiger partial charge >= 0.3 is 0 Å². The van der Waals surface area contributed by atoms with Gasteiger partial charge in [-0.25, -0.2) is 13.6 Å². The lowest BCUT2D eigenvalue weighted by Gasteiger charge is -2.12. The van der Waals surface area contributed by atoms with Crippen molar-refractivity contribution in [2.24, 2.45) is 4.36 Å². The van der Waals surface area contributed by atoms with Crippen molar-refractivity contribution in [3.8, 4) is 0 Å². The molecule has 2 N–H and O–H groups in total. The summed E-state index contributed by atoms with van der Waals surface area (Å²) >= 11 is 11.9. The van der Waals surface area contributed by atoms with Gasteiger partial charge in [0.1, 0.15) is 5.82 Å². The number of pyridine rings is 1. The molecule has 3 rings (SSSR count). The number of hydrogen-bond acceptors (Lipinski definition) is 6. The van der Waals surface area contributed by atoms with Crippen molar-refractivity contribution in [2.75, 3.05) is 31.0 Å². The third-order valence-corrected chi connectivity index (χ3v) is 6.75. The van der Waals surface area contributed by atoms with Crippen molar-refractivity contribution in [1.82, 2.24) is 9.88 Å². The number of hydrogen-bond donors (Lipinski definition) is 2. The smallest absolute Gasteiger partial charge is 0.258 e. The first kappa shape index (κ1) is 26.2. The van der Waals surface area contributed by atoms with Gasteiger partial charge in [0, 0.05) is 48.2 Å². The van der Waals surface area contributed by atoms with Gasteiger partial charge in [-0.1, -0.05) is 23.2 Å². The maximum atomic E-state index is 12.9. The predicted molar refractivity (Wildman–Crippen MR) is 141 cm³/mol. The number of carbonyl (C=O) groups is 2. The zero-order chi connectivity index (χ0) is 25.6. The van der Waals surface area contributed by atoms with Crippen LogP contribution in [0.25, 0.3) is 0 Å². The Labute approximate surface area is 214 Å².